The largest absolute Gasteiger partial charge is 0.383 e. The summed E-state index contributed by atoms with van der Waals surface area (Å²) in [5, 5.41) is 0. The van der Waals surface area contributed by atoms with Crippen molar-refractivity contribution in [2.75, 3.05) is 11.5 Å². The van der Waals surface area contributed by atoms with Crippen LogP contribution >= 0.6 is 0 Å². The van der Waals surface area contributed by atoms with Gasteiger partial charge in [0, 0.05) is 41.5 Å². The third kappa shape index (κ3) is 2.26. The lowest BCUT2D eigenvalue weighted by Crippen LogP contribution is -2.01. The van der Waals surface area contributed by atoms with Crippen molar-refractivity contribution in [2.45, 2.75) is 0 Å². The normalized spacial score (nSPS) is 10.4. The zero-order valence-corrected chi connectivity index (χ0v) is 10.6. The number of pyridine rings is 2. The Balaban J connectivity index is 1.97. The van der Waals surface area contributed by atoms with Crippen molar-refractivity contribution in [1.29, 1.82) is 0 Å². The number of anilines is 2. The number of aromatic nitrogens is 4. The minimum absolute atomic E-state index is 0.159. The molecule has 0 amide bonds. The molecule has 0 atom stereocenters. The van der Waals surface area contributed by atoms with Crippen LogP contribution in [-0.4, -0.2) is 19.9 Å². The van der Waals surface area contributed by atoms with Crippen molar-refractivity contribution in [2.24, 2.45) is 0 Å². The first-order chi connectivity index (χ1) is 9.74. The smallest absolute Gasteiger partial charge is 0.221 e. The van der Waals surface area contributed by atoms with Crippen molar-refractivity contribution in [3.8, 4) is 22.4 Å². The molecule has 20 heavy (non-hydrogen) atoms. The third-order valence-corrected chi connectivity index (χ3v) is 2.87. The van der Waals surface area contributed by atoms with Crippen LogP contribution in [0.4, 0.5) is 11.8 Å². The van der Waals surface area contributed by atoms with Gasteiger partial charge in [0.2, 0.25) is 5.95 Å². The van der Waals surface area contributed by atoms with Crippen LogP contribution in [-0.2, 0) is 0 Å². The lowest BCUT2D eigenvalue weighted by molar-refractivity contribution is 1.19. The molecule has 98 valence electrons. The number of nitrogens with two attached hydrogens (primary N) is 2. The van der Waals surface area contributed by atoms with Crippen LogP contribution in [0.3, 0.4) is 0 Å². The van der Waals surface area contributed by atoms with Crippen LogP contribution in [0.25, 0.3) is 22.4 Å². The van der Waals surface area contributed by atoms with Crippen LogP contribution < -0.4 is 11.5 Å². The van der Waals surface area contributed by atoms with Gasteiger partial charge in [-0.05, 0) is 18.2 Å². The zero-order chi connectivity index (χ0) is 13.9. The molecule has 0 aliphatic heterocycles. The first-order valence-electron chi connectivity index (χ1n) is 5.99. The number of nitrogens with zero attached hydrogens (tertiary/aromatic N) is 4. The quantitative estimate of drug-likeness (QED) is 0.731. The fraction of sp³-hybridized carbons (Fsp3) is 0. The second-order valence-electron chi connectivity index (χ2n) is 4.20. The van der Waals surface area contributed by atoms with Gasteiger partial charge in [-0.1, -0.05) is 6.07 Å². The van der Waals surface area contributed by atoms with Gasteiger partial charge in [-0.3, -0.25) is 9.97 Å². The highest BCUT2D eigenvalue weighted by Gasteiger charge is 2.06. The van der Waals surface area contributed by atoms with Crippen LogP contribution in [0.2, 0.25) is 0 Å². The second-order valence-corrected chi connectivity index (χ2v) is 4.20. The third-order valence-electron chi connectivity index (χ3n) is 2.87. The Kier molecular flexibility index (Phi) is 2.96. The average molecular weight is 264 g/mol. The molecule has 3 aromatic rings. The summed E-state index contributed by atoms with van der Waals surface area (Å²) in [6.07, 6.45) is 6.82. The van der Waals surface area contributed by atoms with E-state index in [9.17, 15) is 0 Å². The molecule has 3 rings (SSSR count). The van der Waals surface area contributed by atoms with E-state index >= 15 is 0 Å². The van der Waals surface area contributed by atoms with Gasteiger partial charge in [0.15, 0.2) is 0 Å². The number of nitrogen functional groups attached to an aromatic ring is 2. The number of hydrogen-bond acceptors (Lipinski definition) is 6. The van der Waals surface area contributed by atoms with Gasteiger partial charge in [0.1, 0.15) is 5.82 Å². The van der Waals surface area contributed by atoms with Gasteiger partial charge in [0.05, 0.1) is 5.69 Å². The van der Waals surface area contributed by atoms with E-state index in [1.165, 1.54) is 0 Å². The van der Waals surface area contributed by atoms with Crippen molar-refractivity contribution < 1.29 is 0 Å². The molecular weight excluding hydrogens is 252 g/mol. The van der Waals surface area contributed by atoms with Crippen LogP contribution in [0.5, 0.6) is 0 Å². The lowest BCUT2D eigenvalue weighted by Gasteiger charge is -2.06. The summed E-state index contributed by atoms with van der Waals surface area (Å²) in [6.45, 7) is 0. The van der Waals surface area contributed by atoms with E-state index in [0.29, 0.717) is 11.4 Å². The number of hydrogen-bond donors (Lipinski definition) is 2. The standard InChI is InChI=1S/C14H12N6/c15-13-11(8-19-14(16)20-13)9-3-4-12(18-7-9)10-2-1-5-17-6-10/h1-8H,(H4,15,16,19,20). The molecule has 3 aromatic heterocycles. The Labute approximate surface area is 115 Å². The van der Waals surface area contributed by atoms with Gasteiger partial charge < -0.3 is 11.5 Å². The maximum Gasteiger partial charge on any atom is 0.221 e. The van der Waals surface area contributed by atoms with E-state index in [2.05, 4.69) is 19.9 Å². The average Bonchev–Trinajstić information content (AvgIpc) is 2.48. The fourth-order valence-corrected chi connectivity index (χ4v) is 1.87. The molecule has 0 aliphatic carbocycles. The molecule has 0 bridgehead atoms. The fourth-order valence-electron chi connectivity index (χ4n) is 1.87. The molecule has 0 aliphatic rings. The summed E-state index contributed by atoms with van der Waals surface area (Å²) < 4.78 is 0. The van der Waals surface area contributed by atoms with E-state index < -0.39 is 0 Å². The topological polar surface area (TPSA) is 104 Å². The maximum absolute atomic E-state index is 5.83. The van der Waals surface area contributed by atoms with Crippen LogP contribution in [0.1, 0.15) is 0 Å². The van der Waals surface area contributed by atoms with Crippen molar-refractivity contribution in [3.05, 3.63) is 49.1 Å². The molecule has 0 aromatic carbocycles. The predicted molar refractivity (Wildman–Crippen MR) is 77.3 cm³/mol. The highest BCUT2D eigenvalue weighted by Crippen LogP contribution is 2.25. The minimum Gasteiger partial charge on any atom is -0.383 e. The summed E-state index contributed by atoms with van der Waals surface area (Å²) in [5.74, 6) is 0.500. The SMILES string of the molecule is Nc1ncc(-c2ccc(-c3cccnc3)nc2)c(N)n1. The highest BCUT2D eigenvalue weighted by molar-refractivity contribution is 5.74. The molecule has 0 saturated heterocycles. The van der Waals surface area contributed by atoms with Gasteiger partial charge in [-0.15, -0.1) is 0 Å². The van der Waals surface area contributed by atoms with E-state index in [-0.39, 0.29) is 5.95 Å². The molecule has 6 heteroatoms. The molecule has 6 nitrogen and oxygen atoms in total. The molecule has 0 radical (unpaired) electrons. The highest BCUT2D eigenvalue weighted by atomic mass is 15.0. The Morgan fingerprint density at radius 2 is 1.75 bits per heavy atom. The molecule has 3 heterocycles. The Morgan fingerprint density at radius 3 is 2.40 bits per heavy atom. The molecule has 0 spiro atoms. The number of rotatable bonds is 2. The molecule has 4 N–H and O–H groups in total. The van der Waals surface area contributed by atoms with Gasteiger partial charge in [0.25, 0.3) is 0 Å². The minimum atomic E-state index is 0.159. The van der Waals surface area contributed by atoms with Crippen molar-refractivity contribution >= 4 is 11.8 Å². The zero-order valence-electron chi connectivity index (χ0n) is 10.6. The molecular formula is C14H12N6. The summed E-state index contributed by atoms with van der Waals surface area (Å²) in [4.78, 5) is 16.4. The van der Waals surface area contributed by atoms with E-state index in [1.54, 1.807) is 24.8 Å². The molecule has 0 unspecified atom stereocenters. The van der Waals surface area contributed by atoms with Crippen molar-refractivity contribution in [3.63, 3.8) is 0 Å². The summed E-state index contributed by atoms with van der Waals surface area (Å²) >= 11 is 0. The Hall–Kier alpha value is -3.02. The first kappa shape index (κ1) is 12.0. The van der Waals surface area contributed by atoms with Crippen LogP contribution in [0.15, 0.2) is 49.1 Å². The van der Waals surface area contributed by atoms with Gasteiger partial charge in [-0.2, -0.15) is 4.98 Å². The Bertz CT molecular complexity index is 724. The molecule has 0 fully saturated rings. The summed E-state index contributed by atoms with van der Waals surface area (Å²) in [6, 6.07) is 7.65. The van der Waals surface area contributed by atoms with Crippen LogP contribution in [0, 0.1) is 0 Å². The van der Waals surface area contributed by atoms with E-state index in [4.69, 9.17) is 11.5 Å². The monoisotopic (exact) mass is 264 g/mol. The van der Waals surface area contributed by atoms with Crippen molar-refractivity contribution in [1.82, 2.24) is 19.9 Å². The maximum atomic E-state index is 5.83. The van der Waals surface area contributed by atoms with E-state index in [1.807, 2.05) is 24.3 Å². The lowest BCUT2D eigenvalue weighted by atomic mass is 10.1. The predicted octanol–water partition coefficient (Wildman–Crippen LogP) is 1.76. The second kappa shape index (κ2) is 4.93. The van der Waals surface area contributed by atoms with Gasteiger partial charge in [-0.25, -0.2) is 4.98 Å². The Morgan fingerprint density at radius 1 is 0.850 bits per heavy atom. The summed E-state index contributed by atoms with van der Waals surface area (Å²) in [7, 11) is 0. The summed E-state index contributed by atoms with van der Waals surface area (Å²) in [5.41, 5.74) is 14.7. The molecule has 0 saturated carbocycles. The van der Waals surface area contributed by atoms with Gasteiger partial charge >= 0.3 is 0 Å². The van der Waals surface area contributed by atoms with E-state index in [0.717, 1.165) is 16.8 Å². The first-order valence-corrected chi connectivity index (χ1v) is 5.99.